The second-order valence-corrected chi connectivity index (χ2v) is 24.9. The molecule has 0 aliphatic heterocycles. The molecule has 0 rings (SSSR count). The van der Waals surface area contributed by atoms with Gasteiger partial charge in [-0.15, -0.1) is 0 Å². The van der Waals surface area contributed by atoms with Gasteiger partial charge in [0.05, 0.1) is 39.9 Å². The maximum Gasteiger partial charge on any atom is 0.268 e. The number of carbonyl (C=O) groups excluding carboxylic acids is 1. The molecule has 0 bridgehead atoms. The molecule has 1 amide bonds. The highest BCUT2D eigenvalue weighted by atomic mass is 31.2. The minimum absolute atomic E-state index is 0.00507. The molecule has 0 aliphatic carbocycles. The lowest BCUT2D eigenvalue weighted by molar-refractivity contribution is -0.870. The Kier molecular flexibility index (Phi) is 55.5. The number of nitrogens with one attached hydrogen (secondary N) is 1. The summed E-state index contributed by atoms with van der Waals surface area (Å²) in [5.41, 5.74) is 0. The van der Waals surface area contributed by atoms with Crippen LogP contribution in [0.1, 0.15) is 322 Å². The van der Waals surface area contributed by atoms with Crippen molar-refractivity contribution in [2.45, 2.75) is 334 Å². The Bertz CT molecular complexity index is 1300. The van der Waals surface area contributed by atoms with Gasteiger partial charge in [0.1, 0.15) is 13.2 Å². The predicted molar refractivity (Wildman–Crippen MR) is 321 cm³/mol. The smallest absolute Gasteiger partial charge is 0.268 e. The fourth-order valence-corrected chi connectivity index (χ4v) is 10.5. The summed E-state index contributed by atoms with van der Waals surface area (Å²) in [6.45, 7) is 4.68. The normalized spacial score (nSPS) is 14.0. The van der Waals surface area contributed by atoms with Crippen molar-refractivity contribution in [2.75, 3.05) is 40.9 Å². The van der Waals surface area contributed by atoms with Crippen LogP contribution in [0.15, 0.2) is 36.5 Å². The number of allylic oxidation sites excluding steroid dienone is 5. The predicted octanol–water partition coefficient (Wildman–Crippen LogP) is 19.5. The molecule has 3 unspecified atom stereocenters. The Morgan fingerprint density at radius 3 is 1.09 bits per heavy atom. The first-order chi connectivity index (χ1) is 36.0. The summed E-state index contributed by atoms with van der Waals surface area (Å²) in [7, 11) is 1.26. The second kappa shape index (κ2) is 56.4. The maximum absolute atomic E-state index is 13.0. The number of unbranched alkanes of at least 4 members (excludes halogenated alkanes) is 43. The van der Waals surface area contributed by atoms with E-state index >= 15 is 0 Å². The van der Waals surface area contributed by atoms with Gasteiger partial charge in [-0.3, -0.25) is 9.36 Å². The van der Waals surface area contributed by atoms with E-state index in [1.807, 2.05) is 27.2 Å². The minimum Gasteiger partial charge on any atom is -0.756 e. The van der Waals surface area contributed by atoms with Crippen LogP contribution in [-0.4, -0.2) is 68.5 Å². The van der Waals surface area contributed by atoms with Crippen LogP contribution in [0.4, 0.5) is 0 Å². The number of hydrogen-bond donors (Lipinski definition) is 2. The molecule has 0 saturated heterocycles. The lowest BCUT2D eigenvalue weighted by atomic mass is 10.0. The Morgan fingerprint density at radius 1 is 0.459 bits per heavy atom. The fraction of sp³-hybridized carbons (Fsp3) is 0.892. The number of phosphoric ester groups is 1. The highest BCUT2D eigenvalue weighted by Gasteiger charge is 2.23. The third kappa shape index (κ3) is 58.4. The molecule has 74 heavy (non-hydrogen) atoms. The van der Waals surface area contributed by atoms with Crippen LogP contribution in [0, 0.1) is 0 Å². The number of carbonyl (C=O) groups is 1. The minimum atomic E-state index is -4.61. The first-order valence-electron chi connectivity index (χ1n) is 32.4. The van der Waals surface area contributed by atoms with E-state index in [0.717, 1.165) is 38.5 Å². The molecule has 0 spiro atoms. The monoisotopic (exact) mass is 1060 g/mol. The second-order valence-electron chi connectivity index (χ2n) is 23.5. The summed E-state index contributed by atoms with van der Waals surface area (Å²) in [4.78, 5) is 25.6. The van der Waals surface area contributed by atoms with Gasteiger partial charge < -0.3 is 28.8 Å². The van der Waals surface area contributed by atoms with E-state index < -0.39 is 20.0 Å². The van der Waals surface area contributed by atoms with Crippen molar-refractivity contribution in [3.05, 3.63) is 36.5 Å². The molecule has 0 saturated carbocycles. The van der Waals surface area contributed by atoms with Crippen LogP contribution in [0.2, 0.25) is 0 Å². The van der Waals surface area contributed by atoms with Crippen LogP contribution in [0.5, 0.6) is 0 Å². The lowest BCUT2D eigenvalue weighted by Gasteiger charge is -2.29. The number of rotatable bonds is 60. The van der Waals surface area contributed by atoms with E-state index in [9.17, 15) is 19.4 Å². The SMILES string of the molecule is CCCCCCCCCCCCCC/C=C\CCCCCCCCCCCCCCCCC(=O)NC(COP(=O)([O-])OCC[N+](C)(C)C)C(O)/C=C/CC/C=C/CCCCCCCCCCCCCCCCCC. The standard InChI is InChI=1S/C65H127N2O6P/c1-6-8-10-12-14-16-18-20-22-24-26-28-30-31-32-33-34-35-36-37-39-41-43-45-47-49-51-53-55-57-59-65(69)66-63(62-73-74(70,71)72-61-60-67(3,4)5)64(68)58-56-54-52-50-48-46-44-42-40-38-29-27-25-23-21-19-17-15-13-11-9-7-2/h31-32,48,50,56,58,63-64,68H,6-30,33-47,49,51-55,57,59-62H2,1-5H3,(H-,66,69,70,71)/b32-31-,50-48+,58-56+. The van der Waals surface area contributed by atoms with Crippen LogP contribution >= 0.6 is 7.82 Å². The van der Waals surface area contributed by atoms with Crippen LogP contribution in [-0.2, 0) is 18.4 Å². The van der Waals surface area contributed by atoms with Gasteiger partial charge in [-0.1, -0.05) is 294 Å². The fourth-order valence-electron chi connectivity index (χ4n) is 9.76. The van der Waals surface area contributed by atoms with E-state index in [1.54, 1.807) is 6.08 Å². The summed E-state index contributed by atoms with van der Waals surface area (Å²) in [5, 5.41) is 13.9. The van der Waals surface area contributed by atoms with Crippen molar-refractivity contribution in [1.82, 2.24) is 5.32 Å². The van der Waals surface area contributed by atoms with Crippen LogP contribution in [0.25, 0.3) is 0 Å². The van der Waals surface area contributed by atoms with Gasteiger partial charge in [0.15, 0.2) is 0 Å². The van der Waals surface area contributed by atoms with Crippen LogP contribution < -0.4 is 10.2 Å². The van der Waals surface area contributed by atoms with Crippen molar-refractivity contribution in [2.24, 2.45) is 0 Å². The molecule has 8 nitrogen and oxygen atoms in total. The van der Waals surface area contributed by atoms with Crippen molar-refractivity contribution in [3.63, 3.8) is 0 Å². The average molecular weight is 1060 g/mol. The molecule has 2 N–H and O–H groups in total. The first-order valence-corrected chi connectivity index (χ1v) is 33.8. The third-order valence-corrected chi connectivity index (χ3v) is 15.8. The molecular weight excluding hydrogens is 936 g/mol. The number of hydrogen-bond acceptors (Lipinski definition) is 6. The molecule has 0 radical (unpaired) electrons. The van der Waals surface area contributed by atoms with E-state index in [4.69, 9.17) is 9.05 Å². The number of aliphatic hydroxyl groups is 1. The van der Waals surface area contributed by atoms with Gasteiger partial charge in [-0.05, 0) is 57.8 Å². The van der Waals surface area contributed by atoms with Crippen molar-refractivity contribution < 1.29 is 32.9 Å². The number of aliphatic hydroxyl groups excluding tert-OH is 1. The third-order valence-electron chi connectivity index (χ3n) is 14.8. The van der Waals surface area contributed by atoms with E-state index in [2.05, 4.69) is 43.5 Å². The zero-order valence-corrected chi connectivity index (χ0v) is 51.0. The summed E-state index contributed by atoms with van der Waals surface area (Å²) >= 11 is 0. The van der Waals surface area contributed by atoms with Gasteiger partial charge in [0.2, 0.25) is 5.91 Å². The van der Waals surface area contributed by atoms with Gasteiger partial charge in [0.25, 0.3) is 7.82 Å². The Labute approximate surface area is 461 Å². The molecule has 0 fully saturated rings. The Hall–Kier alpha value is -1.28. The van der Waals surface area contributed by atoms with E-state index in [-0.39, 0.29) is 19.1 Å². The maximum atomic E-state index is 13.0. The molecule has 3 atom stereocenters. The van der Waals surface area contributed by atoms with Gasteiger partial charge in [-0.2, -0.15) is 0 Å². The summed E-state index contributed by atoms with van der Waals surface area (Å²) in [6, 6.07) is -0.903. The highest BCUT2D eigenvalue weighted by Crippen LogP contribution is 2.38. The summed E-state index contributed by atoms with van der Waals surface area (Å²) in [5.74, 6) is -0.202. The Morgan fingerprint density at radius 2 is 0.757 bits per heavy atom. The van der Waals surface area contributed by atoms with Gasteiger partial charge in [-0.25, -0.2) is 0 Å². The van der Waals surface area contributed by atoms with Crippen LogP contribution in [0.3, 0.4) is 0 Å². The molecule has 0 aromatic heterocycles. The molecule has 9 heteroatoms. The van der Waals surface area contributed by atoms with Gasteiger partial charge >= 0.3 is 0 Å². The van der Waals surface area contributed by atoms with Crippen molar-refractivity contribution in [3.8, 4) is 0 Å². The highest BCUT2D eigenvalue weighted by molar-refractivity contribution is 7.45. The van der Waals surface area contributed by atoms with Crippen molar-refractivity contribution >= 4 is 13.7 Å². The van der Waals surface area contributed by atoms with Crippen molar-refractivity contribution in [1.29, 1.82) is 0 Å². The number of amides is 1. The molecule has 438 valence electrons. The molecule has 0 heterocycles. The van der Waals surface area contributed by atoms with Gasteiger partial charge in [0, 0.05) is 6.42 Å². The van der Waals surface area contributed by atoms with E-state index in [1.165, 1.54) is 263 Å². The Balaban J connectivity index is 4.12. The molecular formula is C65H127N2O6P. The topological polar surface area (TPSA) is 108 Å². The average Bonchev–Trinajstić information content (AvgIpc) is 3.36. The largest absolute Gasteiger partial charge is 0.756 e. The van der Waals surface area contributed by atoms with E-state index in [0.29, 0.717) is 17.4 Å². The molecule has 0 aromatic carbocycles. The number of likely N-dealkylation sites (N-methyl/N-ethyl adjacent to an activating group) is 1. The zero-order valence-electron chi connectivity index (χ0n) is 50.1. The molecule has 0 aromatic rings. The first kappa shape index (κ1) is 72.7. The lowest BCUT2D eigenvalue weighted by Crippen LogP contribution is -2.45. The summed E-state index contributed by atoms with van der Waals surface area (Å²) < 4.78 is 23.4. The molecule has 0 aliphatic rings. The number of phosphoric acid groups is 1. The quantitative estimate of drug-likeness (QED) is 0.0272. The number of quaternary nitrogens is 1. The zero-order chi connectivity index (χ0) is 54.2. The number of nitrogens with zero attached hydrogens (tertiary/aromatic N) is 1. The summed E-state index contributed by atoms with van der Waals surface area (Å²) in [6.07, 6.45) is 74.0.